The van der Waals surface area contributed by atoms with Gasteiger partial charge < -0.3 is 24.6 Å². The second kappa shape index (κ2) is 9.72. The molecule has 3 aliphatic heterocycles. The molecule has 3 amide bonds. The molecule has 3 heterocycles. The molecule has 9 heteroatoms. The molecular weight excluding hydrogens is 436 g/mol. The van der Waals surface area contributed by atoms with Gasteiger partial charge in [0.2, 0.25) is 17.9 Å². The molecule has 0 spiro atoms. The Hall–Kier alpha value is -3.59. The zero-order valence-electron chi connectivity index (χ0n) is 18.9. The van der Waals surface area contributed by atoms with E-state index in [0.717, 1.165) is 18.7 Å². The number of hydrogen-bond acceptors (Lipinski definition) is 6. The zero-order chi connectivity index (χ0) is 23.5. The molecule has 0 radical (unpaired) electrons. The van der Waals surface area contributed by atoms with Crippen molar-refractivity contribution < 1.29 is 23.9 Å². The van der Waals surface area contributed by atoms with E-state index in [2.05, 4.69) is 5.32 Å². The van der Waals surface area contributed by atoms with E-state index < -0.39 is 6.10 Å². The van der Waals surface area contributed by atoms with Crippen LogP contribution in [0.15, 0.2) is 48.5 Å². The fraction of sp³-hybridized carbons (Fsp3) is 0.400. The van der Waals surface area contributed by atoms with Crippen LogP contribution in [0, 0.1) is 0 Å². The summed E-state index contributed by atoms with van der Waals surface area (Å²) in [7, 11) is 0. The van der Waals surface area contributed by atoms with E-state index >= 15 is 0 Å². The Balaban J connectivity index is 1.07. The predicted octanol–water partition coefficient (Wildman–Crippen LogP) is 1.74. The maximum atomic E-state index is 12.9. The van der Waals surface area contributed by atoms with Gasteiger partial charge in [-0.05, 0) is 42.8 Å². The Labute approximate surface area is 198 Å². The van der Waals surface area contributed by atoms with Crippen molar-refractivity contribution in [3.05, 3.63) is 48.5 Å². The van der Waals surface area contributed by atoms with Gasteiger partial charge in [0.05, 0.1) is 6.54 Å². The number of hydrogen-bond donors (Lipinski definition) is 1. The van der Waals surface area contributed by atoms with Crippen LogP contribution in [0.1, 0.15) is 12.8 Å². The third-order valence-corrected chi connectivity index (χ3v) is 6.37. The number of nitrogens with one attached hydrogen (secondary N) is 1. The van der Waals surface area contributed by atoms with Gasteiger partial charge in [0.1, 0.15) is 6.61 Å². The number of rotatable bonds is 5. The largest absolute Gasteiger partial charge is 0.485 e. The van der Waals surface area contributed by atoms with Crippen molar-refractivity contribution in [2.45, 2.75) is 18.9 Å². The number of fused-ring (bicyclic) bond motifs is 1. The van der Waals surface area contributed by atoms with Crippen molar-refractivity contribution in [1.82, 2.24) is 9.80 Å². The van der Waals surface area contributed by atoms with Crippen molar-refractivity contribution in [2.24, 2.45) is 0 Å². The summed E-state index contributed by atoms with van der Waals surface area (Å²) < 4.78 is 11.5. The minimum atomic E-state index is -0.649. The summed E-state index contributed by atoms with van der Waals surface area (Å²) >= 11 is 0. The average molecular weight is 465 g/mol. The van der Waals surface area contributed by atoms with Crippen LogP contribution in [0.5, 0.6) is 11.5 Å². The van der Waals surface area contributed by atoms with Gasteiger partial charge in [-0.1, -0.05) is 12.1 Å². The maximum absolute atomic E-state index is 12.9. The SMILES string of the molecule is O=C(CN1CCN(C(=O)[C@@H]2COc3ccccc3O2)CC1)Nc1ccc(N2CCCC2=O)cc1. The minimum Gasteiger partial charge on any atom is -0.485 e. The summed E-state index contributed by atoms with van der Waals surface area (Å²) in [5.74, 6) is 1.19. The first kappa shape index (κ1) is 22.2. The highest BCUT2D eigenvalue weighted by Gasteiger charge is 2.33. The van der Waals surface area contributed by atoms with E-state index in [-0.39, 0.29) is 30.9 Å². The Morgan fingerprint density at radius 3 is 2.38 bits per heavy atom. The summed E-state index contributed by atoms with van der Waals surface area (Å²) in [5, 5.41) is 2.91. The van der Waals surface area contributed by atoms with E-state index in [1.807, 2.05) is 47.4 Å². The van der Waals surface area contributed by atoms with E-state index in [4.69, 9.17) is 9.47 Å². The molecule has 9 nitrogen and oxygen atoms in total. The van der Waals surface area contributed by atoms with Crippen molar-refractivity contribution in [2.75, 3.05) is 56.1 Å². The van der Waals surface area contributed by atoms with Crippen molar-refractivity contribution in [3.63, 3.8) is 0 Å². The minimum absolute atomic E-state index is 0.0878. The van der Waals surface area contributed by atoms with Gasteiger partial charge in [-0.15, -0.1) is 0 Å². The average Bonchev–Trinajstić information content (AvgIpc) is 3.30. The second-order valence-corrected chi connectivity index (χ2v) is 8.71. The maximum Gasteiger partial charge on any atom is 0.267 e. The summed E-state index contributed by atoms with van der Waals surface area (Å²) in [6, 6.07) is 14.7. The molecular formula is C25H28N4O5. The third kappa shape index (κ3) is 4.84. The first-order chi connectivity index (χ1) is 16.6. The van der Waals surface area contributed by atoms with Gasteiger partial charge in [0.15, 0.2) is 11.5 Å². The van der Waals surface area contributed by atoms with Crippen LogP contribution < -0.4 is 19.7 Å². The number of carbonyl (C=O) groups is 3. The van der Waals surface area contributed by atoms with E-state index in [1.165, 1.54) is 0 Å². The molecule has 0 aromatic heterocycles. The van der Waals surface area contributed by atoms with Crippen molar-refractivity contribution in [3.8, 4) is 11.5 Å². The molecule has 178 valence electrons. The quantitative estimate of drug-likeness (QED) is 0.725. The van der Waals surface area contributed by atoms with Gasteiger partial charge in [-0.3, -0.25) is 19.3 Å². The van der Waals surface area contributed by atoms with Crippen LogP contribution in [-0.4, -0.2) is 79.5 Å². The zero-order valence-corrected chi connectivity index (χ0v) is 18.9. The number of anilines is 2. The normalized spacial score (nSPS) is 20.4. The highest BCUT2D eigenvalue weighted by atomic mass is 16.6. The van der Waals surface area contributed by atoms with Gasteiger partial charge in [0, 0.05) is 50.5 Å². The molecule has 3 aliphatic rings. The fourth-order valence-electron chi connectivity index (χ4n) is 4.52. The number of ether oxygens (including phenoxy) is 2. The smallest absolute Gasteiger partial charge is 0.267 e. The van der Waals surface area contributed by atoms with Crippen LogP contribution in [0.4, 0.5) is 11.4 Å². The van der Waals surface area contributed by atoms with Gasteiger partial charge in [-0.25, -0.2) is 0 Å². The number of amides is 3. The summed E-state index contributed by atoms with van der Waals surface area (Å²) in [6.07, 6.45) is 0.821. The van der Waals surface area contributed by atoms with Crippen molar-refractivity contribution >= 4 is 29.1 Å². The van der Waals surface area contributed by atoms with Crippen LogP contribution in [0.25, 0.3) is 0 Å². The standard InChI is InChI=1S/C25H28N4O5/c30-23(26-18-7-9-19(10-8-18)29-11-3-6-24(29)31)16-27-12-14-28(15-13-27)25(32)22-17-33-20-4-1-2-5-21(20)34-22/h1-2,4-5,7-10,22H,3,6,11-17H2,(H,26,30)/t22-/m0/s1. The Morgan fingerprint density at radius 2 is 1.68 bits per heavy atom. The first-order valence-corrected chi connectivity index (χ1v) is 11.7. The number of para-hydroxylation sites is 2. The van der Waals surface area contributed by atoms with Crippen molar-refractivity contribution in [1.29, 1.82) is 0 Å². The molecule has 0 aliphatic carbocycles. The van der Waals surface area contributed by atoms with E-state index in [0.29, 0.717) is 49.8 Å². The molecule has 2 saturated heterocycles. The molecule has 1 atom stereocenters. The molecule has 0 unspecified atom stereocenters. The van der Waals surface area contributed by atoms with Gasteiger partial charge in [0.25, 0.3) is 5.91 Å². The Morgan fingerprint density at radius 1 is 0.941 bits per heavy atom. The summed E-state index contributed by atoms with van der Waals surface area (Å²) in [6.45, 7) is 3.48. The third-order valence-electron chi connectivity index (χ3n) is 6.37. The number of carbonyl (C=O) groups excluding carboxylic acids is 3. The molecule has 34 heavy (non-hydrogen) atoms. The molecule has 0 saturated carbocycles. The van der Waals surface area contributed by atoms with Crippen LogP contribution in [-0.2, 0) is 14.4 Å². The number of benzene rings is 2. The first-order valence-electron chi connectivity index (χ1n) is 11.7. The highest BCUT2D eigenvalue weighted by Crippen LogP contribution is 2.31. The second-order valence-electron chi connectivity index (χ2n) is 8.71. The molecule has 2 fully saturated rings. The molecule has 0 bridgehead atoms. The van der Waals surface area contributed by atoms with Gasteiger partial charge in [-0.2, -0.15) is 0 Å². The molecule has 5 rings (SSSR count). The molecule has 1 N–H and O–H groups in total. The van der Waals surface area contributed by atoms with E-state index in [1.54, 1.807) is 15.9 Å². The molecule has 2 aromatic rings. The van der Waals surface area contributed by atoms with Gasteiger partial charge >= 0.3 is 0 Å². The monoisotopic (exact) mass is 464 g/mol. The van der Waals surface area contributed by atoms with Crippen LogP contribution in [0.2, 0.25) is 0 Å². The Kier molecular flexibility index (Phi) is 6.35. The summed E-state index contributed by atoms with van der Waals surface area (Å²) in [4.78, 5) is 42.8. The lowest BCUT2D eigenvalue weighted by molar-refractivity contribution is -0.143. The summed E-state index contributed by atoms with van der Waals surface area (Å²) in [5.41, 5.74) is 1.56. The van der Waals surface area contributed by atoms with E-state index in [9.17, 15) is 14.4 Å². The predicted molar refractivity (Wildman–Crippen MR) is 126 cm³/mol. The lowest BCUT2D eigenvalue weighted by Crippen LogP contribution is -2.54. The van der Waals surface area contributed by atoms with Crippen LogP contribution in [0.3, 0.4) is 0 Å². The highest BCUT2D eigenvalue weighted by molar-refractivity contribution is 5.96. The topological polar surface area (TPSA) is 91.4 Å². The molecule has 2 aromatic carbocycles. The fourth-order valence-corrected chi connectivity index (χ4v) is 4.52. The number of piperazine rings is 1. The number of nitrogens with zero attached hydrogens (tertiary/aromatic N) is 3. The Bertz CT molecular complexity index is 1070. The lowest BCUT2D eigenvalue weighted by atomic mass is 10.2. The lowest BCUT2D eigenvalue weighted by Gasteiger charge is -2.36. The van der Waals surface area contributed by atoms with Crippen LogP contribution >= 0.6 is 0 Å².